The Balaban J connectivity index is 2.19. The van der Waals surface area contributed by atoms with Gasteiger partial charge in [0.2, 0.25) is 0 Å². The van der Waals surface area contributed by atoms with Gasteiger partial charge in [-0.05, 0) is 81.8 Å². The number of rotatable bonds is 4. The molecule has 1 aromatic carbocycles. The van der Waals surface area contributed by atoms with Gasteiger partial charge in [0.1, 0.15) is 11.9 Å². The smallest absolute Gasteiger partial charge is 0.148 e. The van der Waals surface area contributed by atoms with Crippen LogP contribution < -0.4 is 10.5 Å². The van der Waals surface area contributed by atoms with Crippen molar-refractivity contribution in [2.75, 3.05) is 0 Å². The van der Waals surface area contributed by atoms with Crippen LogP contribution in [0.5, 0.6) is 5.75 Å². The fourth-order valence-corrected chi connectivity index (χ4v) is 3.49. The summed E-state index contributed by atoms with van der Waals surface area (Å²) >= 11 is 7.40. The van der Waals surface area contributed by atoms with Crippen LogP contribution in [0.2, 0.25) is 0 Å². The first kappa shape index (κ1) is 14.3. The van der Waals surface area contributed by atoms with Crippen LogP contribution in [0.1, 0.15) is 17.9 Å². The maximum Gasteiger partial charge on any atom is 0.148 e. The number of hydrogen-bond acceptors (Lipinski definition) is 3. The molecule has 5 heteroatoms. The molecular formula is C13H13BrINOS. The minimum Gasteiger partial charge on any atom is -0.483 e. The molecule has 2 atom stereocenters. The van der Waals surface area contributed by atoms with Gasteiger partial charge in [-0.1, -0.05) is 0 Å². The molecule has 0 bridgehead atoms. The van der Waals surface area contributed by atoms with Gasteiger partial charge in [0.25, 0.3) is 0 Å². The lowest BCUT2D eigenvalue weighted by molar-refractivity contribution is 0.184. The highest BCUT2D eigenvalue weighted by Crippen LogP contribution is 2.32. The summed E-state index contributed by atoms with van der Waals surface area (Å²) in [5.41, 5.74) is 6.02. The molecule has 0 saturated heterocycles. The maximum atomic E-state index is 6.02. The highest BCUT2D eigenvalue weighted by Gasteiger charge is 2.20. The maximum absolute atomic E-state index is 6.02. The molecule has 0 amide bonds. The van der Waals surface area contributed by atoms with Gasteiger partial charge < -0.3 is 10.5 Å². The Kier molecular flexibility index (Phi) is 5.06. The predicted molar refractivity (Wildman–Crippen MR) is 88.2 cm³/mol. The molecule has 2 unspecified atom stereocenters. The molecule has 18 heavy (non-hydrogen) atoms. The first-order chi connectivity index (χ1) is 8.56. The topological polar surface area (TPSA) is 35.2 Å². The second kappa shape index (κ2) is 6.36. The monoisotopic (exact) mass is 437 g/mol. The van der Waals surface area contributed by atoms with E-state index in [1.165, 1.54) is 3.57 Å². The fraction of sp³-hybridized carbons (Fsp3) is 0.231. The Bertz CT molecular complexity index is 512. The molecule has 0 fully saturated rings. The van der Waals surface area contributed by atoms with E-state index in [4.69, 9.17) is 10.5 Å². The minimum absolute atomic E-state index is 0.0603. The summed E-state index contributed by atoms with van der Waals surface area (Å²) in [5.74, 6) is 0.849. The summed E-state index contributed by atoms with van der Waals surface area (Å²) < 4.78 is 8.27. The minimum atomic E-state index is -0.110. The van der Waals surface area contributed by atoms with E-state index in [2.05, 4.69) is 44.6 Å². The zero-order valence-corrected chi connectivity index (χ0v) is 14.3. The molecule has 0 saturated carbocycles. The van der Waals surface area contributed by atoms with Gasteiger partial charge in [-0.15, -0.1) is 11.3 Å². The van der Waals surface area contributed by atoms with Crippen molar-refractivity contribution in [1.29, 1.82) is 0 Å². The van der Waals surface area contributed by atoms with Gasteiger partial charge in [-0.2, -0.15) is 0 Å². The molecule has 0 aliphatic carbocycles. The Morgan fingerprint density at radius 3 is 2.39 bits per heavy atom. The van der Waals surface area contributed by atoms with Crippen molar-refractivity contribution in [1.82, 2.24) is 0 Å². The lowest BCUT2D eigenvalue weighted by Crippen LogP contribution is -2.28. The van der Waals surface area contributed by atoms with Crippen LogP contribution >= 0.6 is 49.9 Å². The zero-order chi connectivity index (χ0) is 13.1. The number of benzene rings is 1. The number of nitrogens with two attached hydrogens (primary N) is 1. The highest BCUT2D eigenvalue weighted by molar-refractivity contribution is 14.1. The molecule has 0 aliphatic heterocycles. The van der Waals surface area contributed by atoms with E-state index in [9.17, 15) is 0 Å². The molecule has 0 radical (unpaired) electrons. The van der Waals surface area contributed by atoms with E-state index >= 15 is 0 Å². The Labute approximate surface area is 133 Å². The van der Waals surface area contributed by atoms with Crippen LogP contribution in [0.3, 0.4) is 0 Å². The van der Waals surface area contributed by atoms with Crippen LogP contribution in [0.4, 0.5) is 0 Å². The molecule has 0 aliphatic rings. The van der Waals surface area contributed by atoms with E-state index < -0.39 is 0 Å². The van der Waals surface area contributed by atoms with Gasteiger partial charge in [0, 0.05) is 14.5 Å². The van der Waals surface area contributed by atoms with E-state index in [1.807, 2.05) is 37.3 Å². The first-order valence-corrected chi connectivity index (χ1v) is 8.18. The second-order valence-electron chi connectivity index (χ2n) is 3.99. The van der Waals surface area contributed by atoms with Crippen LogP contribution in [0.25, 0.3) is 0 Å². The Morgan fingerprint density at radius 2 is 1.89 bits per heavy atom. The van der Waals surface area contributed by atoms with E-state index in [0.717, 1.165) is 14.4 Å². The number of hydrogen-bond donors (Lipinski definition) is 1. The molecule has 2 nitrogen and oxygen atoms in total. The molecule has 96 valence electrons. The summed E-state index contributed by atoms with van der Waals surface area (Å²) in [6, 6.07) is 12.0. The van der Waals surface area contributed by atoms with Crippen LogP contribution in [-0.4, -0.2) is 6.04 Å². The van der Waals surface area contributed by atoms with Gasteiger partial charge in [-0.3, -0.25) is 0 Å². The van der Waals surface area contributed by atoms with Crippen molar-refractivity contribution in [2.45, 2.75) is 19.1 Å². The Morgan fingerprint density at radius 1 is 1.22 bits per heavy atom. The van der Waals surface area contributed by atoms with Gasteiger partial charge in [0.05, 0.1) is 3.79 Å². The van der Waals surface area contributed by atoms with Crippen molar-refractivity contribution in [3.63, 3.8) is 0 Å². The molecular weight excluding hydrogens is 425 g/mol. The van der Waals surface area contributed by atoms with E-state index in [1.54, 1.807) is 11.3 Å². The van der Waals surface area contributed by atoms with Gasteiger partial charge in [0.15, 0.2) is 0 Å². The highest BCUT2D eigenvalue weighted by atomic mass is 127. The van der Waals surface area contributed by atoms with E-state index in [0.29, 0.717) is 0 Å². The summed E-state index contributed by atoms with van der Waals surface area (Å²) in [5, 5.41) is 0. The van der Waals surface area contributed by atoms with Gasteiger partial charge in [-0.25, -0.2) is 0 Å². The van der Waals surface area contributed by atoms with Crippen molar-refractivity contribution >= 4 is 49.9 Å². The summed E-state index contributed by atoms with van der Waals surface area (Å²) in [7, 11) is 0. The second-order valence-corrected chi connectivity index (χ2v) is 7.73. The standard InChI is InChI=1S/C13H13BrINOS/c1-8(16)13(11-6-7-12(14)18-11)17-10-4-2-9(15)3-5-10/h2-8,13H,16H2,1H3. The van der Waals surface area contributed by atoms with Crippen LogP contribution in [-0.2, 0) is 0 Å². The van der Waals surface area contributed by atoms with Crippen LogP contribution in [0.15, 0.2) is 40.2 Å². The average molecular weight is 438 g/mol. The van der Waals surface area contributed by atoms with Crippen molar-refractivity contribution in [2.24, 2.45) is 5.73 Å². The fourth-order valence-electron chi connectivity index (χ4n) is 1.57. The third-order valence-electron chi connectivity index (χ3n) is 2.43. The lowest BCUT2D eigenvalue weighted by Gasteiger charge is -2.21. The molecule has 1 aromatic heterocycles. The predicted octanol–water partition coefficient (Wildman–Crippen LogP) is 4.58. The van der Waals surface area contributed by atoms with Crippen LogP contribution in [0, 0.1) is 3.57 Å². The van der Waals surface area contributed by atoms with Crippen molar-refractivity contribution < 1.29 is 4.74 Å². The quantitative estimate of drug-likeness (QED) is 0.710. The summed E-state index contributed by atoms with van der Waals surface area (Å²) in [6.07, 6.45) is -0.110. The third kappa shape index (κ3) is 3.69. The Hall–Kier alpha value is -0.110. The third-order valence-corrected chi connectivity index (χ3v) is 4.83. The van der Waals surface area contributed by atoms with Crippen molar-refractivity contribution in [3.05, 3.63) is 48.6 Å². The molecule has 1 heterocycles. The molecule has 0 spiro atoms. The lowest BCUT2D eigenvalue weighted by atomic mass is 10.1. The average Bonchev–Trinajstić information content (AvgIpc) is 2.74. The summed E-state index contributed by atoms with van der Waals surface area (Å²) in [6.45, 7) is 1.96. The number of ether oxygens (including phenoxy) is 1. The molecule has 2 N–H and O–H groups in total. The SMILES string of the molecule is CC(N)C(Oc1ccc(I)cc1)c1ccc(Br)s1. The first-order valence-electron chi connectivity index (χ1n) is 5.49. The normalized spacial score (nSPS) is 14.2. The van der Waals surface area contributed by atoms with Crippen molar-refractivity contribution in [3.8, 4) is 5.75 Å². The number of halogens is 2. The largest absolute Gasteiger partial charge is 0.483 e. The molecule has 2 rings (SSSR count). The zero-order valence-electron chi connectivity index (χ0n) is 9.77. The number of thiophene rings is 1. The van der Waals surface area contributed by atoms with Gasteiger partial charge >= 0.3 is 0 Å². The van der Waals surface area contributed by atoms with E-state index in [-0.39, 0.29) is 12.1 Å². The molecule has 2 aromatic rings. The summed E-state index contributed by atoms with van der Waals surface area (Å²) in [4.78, 5) is 1.13.